The van der Waals surface area contributed by atoms with E-state index in [4.69, 9.17) is 0 Å². The second kappa shape index (κ2) is 8.90. The third kappa shape index (κ3) is 5.02. The summed E-state index contributed by atoms with van der Waals surface area (Å²) < 4.78 is 0. The lowest BCUT2D eigenvalue weighted by molar-refractivity contribution is 0.0597. The van der Waals surface area contributed by atoms with E-state index in [0.29, 0.717) is 5.41 Å². The van der Waals surface area contributed by atoms with Gasteiger partial charge in [-0.15, -0.1) is 0 Å². The molecule has 0 heterocycles. The van der Waals surface area contributed by atoms with Crippen LogP contribution in [0, 0.1) is 23.2 Å². The molecule has 3 rings (SSSR count). The molecule has 4 atom stereocenters. The Morgan fingerprint density at radius 3 is 2.61 bits per heavy atom. The highest BCUT2D eigenvalue weighted by Gasteiger charge is 2.50. The Bertz CT molecular complexity index is 617. The molecule has 0 aromatic carbocycles. The highest BCUT2D eigenvalue weighted by molar-refractivity contribution is 5.35. The summed E-state index contributed by atoms with van der Waals surface area (Å²) in [5.74, 6) is 2.41. The maximum absolute atomic E-state index is 10.0. The molecular weight excluding hydrogens is 340 g/mol. The summed E-state index contributed by atoms with van der Waals surface area (Å²) in [6, 6.07) is 0. The molecule has 1 N–H and O–H groups in total. The van der Waals surface area contributed by atoms with Gasteiger partial charge >= 0.3 is 0 Å². The topological polar surface area (TPSA) is 20.2 Å². The summed E-state index contributed by atoms with van der Waals surface area (Å²) in [6.07, 6.45) is 20.2. The first-order valence-corrected chi connectivity index (χ1v) is 12.0. The quantitative estimate of drug-likeness (QED) is 0.496. The van der Waals surface area contributed by atoms with Crippen LogP contribution in [-0.2, 0) is 0 Å². The molecule has 0 bridgehead atoms. The third-order valence-corrected chi connectivity index (χ3v) is 8.30. The Morgan fingerprint density at radius 1 is 1.14 bits per heavy atom. The average molecular weight is 385 g/mol. The molecule has 0 unspecified atom stereocenters. The predicted octanol–water partition coefficient (Wildman–Crippen LogP) is 7.76. The van der Waals surface area contributed by atoms with Crippen LogP contribution in [0.2, 0.25) is 0 Å². The Hall–Kier alpha value is -0.820. The van der Waals surface area contributed by atoms with Gasteiger partial charge in [-0.2, -0.15) is 0 Å². The fourth-order valence-corrected chi connectivity index (χ4v) is 6.67. The van der Waals surface area contributed by atoms with E-state index in [0.717, 1.165) is 30.6 Å². The number of aliphatic hydroxyl groups is 1. The molecule has 3 fully saturated rings. The second-order valence-corrected chi connectivity index (χ2v) is 11.0. The van der Waals surface area contributed by atoms with Crippen molar-refractivity contribution >= 4 is 0 Å². The van der Waals surface area contributed by atoms with E-state index in [1.54, 1.807) is 5.57 Å². The minimum atomic E-state index is -0.515. The van der Waals surface area contributed by atoms with E-state index in [1.807, 2.05) is 13.8 Å². The summed E-state index contributed by atoms with van der Waals surface area (Å²) in [4.78, 5) is 0. The first kappa shape index (κ1) is 21.9. The number of hydrogen-bond acceptors (Lipinski definition) is 1. The van der Waals surface area contributed by atoms with Crippen LogP contribution >= 0.6 is 0 Å². The molecule has 3 saturated carbocycles. The molecule has 0 aliphatic heterocycles. The van der Waals surface area contributed by atoms with Crippen LogP contribution in [-0.4, -0.2) is 10.7 Å². The van der Waals surface area contributed by atoms with Crippen molar-refractivity contribution in [2.24, 2.45) is 23.2 Å². The second-order valence-electron chi connectivity index (χ2n) is 11.0. The lowest BCUT2D eigenvalue weighted by Crippen LogP contribution is -2.36. The van der Waals surface area contributed by atoms with Gasteiger partial charge in [0.15, 0.2) is 0 Å². The van der Waals surface area contributed by atoms with Crippen molar-refractivity contribution in [3.63, 3.8) is 0 Å². The lowest BCUT2D eigenvalue weighted by Gasteiger charge is -2.44. The van der Waals surface area contributed by atoms with Crippen molar-refractivity contribution in [2.45, 2.75) is 110 Å². The molecule has 0 amide bonds. The van der Waals surface area contributed by atoms with E-state index in [-0.39, 0.29) is 0 Å². The highest BCUT2D eigenvalue weighted by atomic mass is 16.3. The molecule has 3 aliphatic rings. The van der Waals surface area contributed by atoms with Gasteiger partial charge in [0.2, 0.25) is 0 Å². The fourth-order valence-electron chi connectivity index (χ4n) is 6.67. The van der Waals surface area contributed by atoms with Gasteiger partial charge in [0, 0.05) is 0 Å². The lowest BCUT2D eigenvalue weighted by atomic mass is 9.60. The van der Waals surface area contributed by atoms with Crippen molar-refractivity contribution in [3.8, 4) is 0 Å². The number of allylic oxidation sites excluding steroid dienone is 5. The first-order valence-electron chi connectivity index (χ1n) is 12.0. The van der Waals surface area contributed by atoms with Crippen LogP contribution in [0.25, 0.3) is 0 Å². The van der Waals surface area contributed by atoms with Gasteiger partial charge in [0.05, 0.1) is 5.60 Å². The van der Waals surface area contributed by atoms with Crippen molar-refractivity contribution in [3.05, 3.63) is 35.5 Å². The van der Waals surface area contributed by atoms with Gasteiger partial charge in [-0.05, 0) is 107 Å². The highest BCUT2D eigenvalue weighted by Crippen LogP contribution is 2.59. The normalized spacial score (nSPS) is 35.4. The summed E-state index contributed by atoms with van der Waals surface area (Å²) in [7, 11) is 0. The predicted molar refractivity (Wildman–Crippen MR) is 121 cm³/mol. The number of rotatable bonds is 6. The van der Waals surface area contributed by atoms with Crippen LogP contribution in [0.1, 0.15) is 105 Å². The zero-order valence-corrected chi connectivity index (χ0v) is 19.0. The molecule has 3 aliphatic carbocycles. The van der Waals surface area contributed by atoms with E-state index < -0.39 is 5.60 Å². The van der Waals surface area contributed by atoms with Crippen molar-refractivity contribution in [2.75, 3.05) is 0 Å². The van der Waals surface area contributed by atoms with Crippen LogP contribution < -0.4 is 0 Å². The van der Waals surface area contributed by atoms with Gasteiger partial charge in [-0.3, -0.25) is 0 Å². The zero-order valence-electron chi connectivity index (χ0n) is 19.0. The fraction of sp³-hybridized carbons (Fsp3) is 0.778. The maximum atomic E-state index is 10.0. The van der Waals surface area contributed by atoms with E-state index in [9.17, 15) is 5.11 Å². The van der Waals surface area contributed by atoms with E-state index >= 15 is 0 Å². The Labute approximate surface area is 174 Å². The monoisotopic (exact) mass is 384 g/mol. The molecule has 1 heteroatoms. The summed E-state index contributed by atoms with van der Waals surface area (Å²) in [5, 5.41) is 10.0. The SMILES string of the molecule is C=C1CCCC/C1=C/C=C1\CCC[C@]2(C)[C@@H]([C@H](C)CCCC(C)(C)O)CC[C@@H]12. The summed E-state index contributed by atoms with van der Waals surface area (Å²) in [6.45, 7) is 13.3. The summed E-state index contributed by atoms with van der Waals surface area (Å²) in [5.41, 5.74) is 4.59. The molecule has 0 aromatic heterocycles. The van der Waals surface area contributed by atoms with Crippen LogP contribution in [0.5, 0.6) is 0 Å². The molecule has 0 radical (unpaired) electrons. The standard InChI is InChI=1S/C27H44O/c1-20-10-6-7-12-22(20)14-15-23-13-9-19-27(5)24(16-17-25(23)27)21(2)11-8-18-26(3,4)28/h14-15,21,24-25,28H,1,6-13,16-19H2,2-5H3/b22-14-,23-15+/t21-,24-,25+,27-/m1/s1. The number of hydrogen-bond donors (Lipinski definition) is 1. The van der Waals surface area contributed by atoms with Crippen molar-refractivity contribution in [1.82, 2.24) is 0 Å². The maximum Gasteiger partial charge on any atom is 0.0591 e. The smallest absolute Gasteiger partial charge is 0.0591 e. The van der Waals surface area contributed by atoms with Gasteiger partial charge in [0.25, 0.3) is 0 Å². The third-order valence-electron chi connectivity index (χ3n) is 8.30. The van der Waals surface area contributed by atoms with Gasteiger partial charge in [-0.25, -0.2) is 0 Å². The molecule has 158 valence electrons. The van der Waals surface area contributed by atoms with Crippen molar-refractivity contribution in [1.29, 1.82) is 0 Å². The minimum absolute atomic E-state index is 0.486. The zero-order chi connectivity index (χ0) is 20.4. The molecule has 0 spiro atoms. The minimum Gasteiger partial charge on any atom is -0.390 e. The van der Waals surface area contributed by atoms with Crippen molar-refractivity contribution < 1.29 is 5.11 Å². The van der Waals surface area contributed by atoms with Crippen LogP contribution in [0.4, 0.5) is 0 Å². The van der Waals surface area contributed by atoms with Gasteiger partial charge in [0.1, 0.15) is 0 Å². The molecular formula is C27H44O. The number of fused-ring (bicyclic) bond motifs is 1. The van der Waals surface area contributed by atoms with Gasteiger partial charge < -0.3 is 5.11 Å². The Kier molecular flexibility index (Phi) is 6.96. The molecule has 28 heavy (non-hydrogen) atoms. The Morgan fingerprint density at radius 2 is 1.89 bits per heavy atom. The molecule has 0 saturated heterocycles. The van der Waals surface area contributed by atoms with Crippen LogP contribution in [0.15, 0.2) is 35.5 Å². The van der Waals surface area contributed by atoms with E-state index in [2.05, 4.69) is 32.6 Å². The Balaban J connectivity index is 1.67. The summed E-state index contributed by atoms with van der Waals surface area (Å²) >= 11 is 0. The first-order chi connectivity index (χ1) is 13.2. The van der Waals surface area contributed by atoms with Gasteiger partial charge in [-0.1, -0.05) is 56.6 Å². The van der Waals surface area contributed by atoms with Crippen LogP contribution in [0.3, 0.4) is 0 Å². The largest absolute Gasteiger partial charge is 0.390 e. The average Bonchev–Trinajstić information content (AvgIpc) is 2.97. The van der Waals surface area contributed by atoms with E-state index in [1.165, 1.54) is 75.4 Å². The molecule has 1 nitrogen and oxygen atoms in total. The molecule has 0 aromatic rings.